The van der Waals surface area contributed by atoms with Crippen LogP contribution < -0.4 is 0 Å². The summed E-state index contributed by atoms with van der Waals surface area (Å²) in [5.74, 6) is 1.88. The number of aromatic hydroxyl groups is 1. The van der Waals surface area contributed by atoms with E-state index in [0.29, 0.717) is 29.9 Å². The van der Waals surface area contributed by atoms with Crippen molar-refractivity contribution in [1.82, 2.24) is 4.90 Å². The Balaban J connectivity index is 1.57. The molecule has 1 aromatic rings. The second-order valence-electron chi connectivity index (χ2n) is 8.25. The molecule has 2 aliphatic rings. The highest BCUT2D eigenvalue weighted by molar-refractivity contribution is 5.80. The SMILES string of the molecule is CC1CN(CC(=O)CC2CCCC2)CCC1(C)c1cccc(O)c1. The molecular formula is C21H31NO2. The topological polar surface area (TPSA) is 40.5 Å². The number of ketones is 1. The molecule has 1 aromatic carbocycles. The van der Waals surface area contributed by atoms with Crippen LogP contribution in [0.25, 0.3) is 0 Å². The molecular weight excluding hydrogens is 298 g/mol. The maximum absolute atomic E-state index is 12.4. The lowest BCUT2D eigenvalue weighted by molar-refractivity contribution is -0.121. The zero-order chi connectivity index (χ0) is 17.2. The van der Waals surface area contributed by atoms with Crippen LogP contribution in [-0.2, 0) is 10.2 Å². The maximum atomic E-state index is 12.4. The molecule has 2 fully saturated rings. The maximum Gasteiger partial charge on any atom is 0.147 e. The molecule has 132 valence electrons. The van der Waals surface area contributed by atoms with Crippen molar-refractivity contribution < 1.29 is 9.90 Å². The van der Waals surface area contributed by atoms with Gasteiger partial charge in [0.05, 0.1) is 6.54 Å². The summed E-state index contributed by atoms with van der Waals surface area (Å²) in [5.41, 5.74) is 1.29. The number of benzene rings is 1. The van der Waals surface area contributed by atoms with Gasteiger partial charge in [0.2, 0.25) is 0 Å². The lowest BCUT2D eigenvalue weighted by Gasteiger charge is -2.45. The van der Waals surface area contributed by atoms with Gasteiger partial charge in [0.25, 0.3) is 0 Å². The summed E-state index contributed by atoms with van der Waals surface area (Å²) in [4.78, 5) is 14.7. The number of carbonyl (C=O) groups is 1. The van der Waals surface area contributed by atoms with Crippen molar-refractivity contribution >= 4 is 5.78 Å². The van der Waals surface area contributed by atoms with Crippen LogP contribution in [0.1, 0.15) is 57.9 Å². The summed E-state index contributed by atoms with van der Waals surface area (Å²) in [6, 6.07) is 7.68. The highest BCUT2D eigenvalue weighted by Crippen LogP contribution is 2.40. The van der Waals surface area contributed by atoms with E-state index in [1.807, 2.05) is 12.1 Å². The second kappa shape index (κ2) is 7.26. The van der Waals surface area contributed by atoms with Crippen LogP contribution in [0.5, 0.6) is 5.75 Å². The first kappa shape index (κ1) is 17.5. The molecule has 1 saturated heterocycles. The first-order valence-electron chi connectivity index (χ1n) is 9.51. The van der Waals surface area contributed by atoms with Crippen molar-refractivity contribution in [3.8, 4) is 5.75 Å². The molecule has 3 nitrogen and oxygen atoms in total. The third-order valence-corrected chi connectivity index (χ3v) is 6.46. The van der Waals surface area contributed by atoms with Gasteiger partial charge in [0, 0.05) is 13.0 Å². The number of rotatable bonds is 5. The summed E-state index contributed by atoms with van der Waals surface area (Å²) >= 11 is 0. The largest absolute Gasteiger partial charge is 0.508 e. The summed E-state index contributed by atoms with van der Waals surface area (Å²) in [5, 5.41) is 9.80. The average molecular weight is 329 g/mol. The number of piperidine rings is 1. The van der Waals surface area contributed by atoms with Crippen LogP contribution in [0.4, 0.5) is 0 Å². The minimum atomic E-state index is 0.0732. The Morgan fingerprint density at radius 3 is 2.75 bits per heavy atom. The molecule has 0 radical (unpaired) electrons. The van der Waals surface area contributed by atoms with Crippen molar-refractivity contribution in [2.75, 3.05) is 19.6 Å². The smallest absolute Gasteiger partial charge is 0.147 e. The molecule has 1 N–H and O–H groups in total. The van der Waals surface area contributed by atoms with E-state index in [0.717, 1.165) is 25.9 Å². The van der Waals surface area contributed by atoms with Gasteiger partial charge in [0.1, 0.15) is 11.5 Å². The third kappa shape index (κ3) is 3.83. The number of Topliss-reactive ketones (excluding diaryl/α,β-unsaturated/α-hetero) is 1. The van der Waals surface area contributed by atoms with Gasteiger partial charge in [0.15, 0.2) is 0 Å². The van der Waals surface area contributed by atoms with E-state index in [2.05, 4.69) is 24.8 Å². The van der Waals surface area contributed by atoms with E-state index in [1.54, 1.807) is 6.07 Å². The van der Waals surface area contributed by atoms with E-state index >= 15 is 0 Å². The van der Waals surface area contributed by atoms with Crippen LogP contribution in [0, 0.1) is 11.8 Å². The van der Waals surface area contributed by atoms with Crippen molar-refractivity contribution in [2.24, 2.45) is 11.8 Å². The van der Waals surface area contributed by atoms with Gasteiger partial charge in [-0.1, -0.05) is 51.7 Å². The van der Waals surface area contributed by atoms with Gasteiger partial charge >= 0.3 is 0 Å². The molecule has 2 atom stereocenters. The quantitative estimate of drug-likeness (QED) is 0.882. The fourth-order valence-corrected chi connectivity index (χ4v) is 4.60. The minimum Gasteiger partial charge on any atom is -0.508 e. The summed E-state index contributed by atoms with van der Waals surface area (Å²) in [6.45, 7) is 7.12. The number of phenolic OH excluding ortho intramolecular Hbond substituents is 1. The monoisotopic (exact) mass is 329 g/mol. The predicted octanol–water partition coefficient (Wildman–Crippen LogP) is 4.14. The highest BCUT2D eigenvalue weighted by atomic mass is 16.3. The molecule has 0 amide bonds. The van der Waals surface area contributed by atoms with Gasteiger partial charge < -0.3 is 5.11 Å². The summed E-state index contributed by atoms with van der Waals surface area (Å²) in [6.07, 6.45) is 6.93. The van der Waals surface area contributed by atoms with Gasteiger partial charge in [-0.15, -0.1) is 0 Å². The molecule has 1 heterocycles. The molecule has 0 bridgehead atoms. The van der Waals surface area contributed by atoms with Gasteiger partial charge in [-0.2, -0.15) is 0 Å². The van der Waals surface area contributed by atoms with Crippen molar-refractivity contribution in [2.45, 2.75) is 57.8 Å². The fourth-order valence-electron chi connectivity index (χ4n) is 4.60. The van der Waals surface area contributed by atoms with E-state index < -0.39 is 0 Å². The zero-order valence-corrected chi connectivity index (χ0v) is 15.1. The number of carbonyl (C=O) groups excluding carboxylic acids is 1. The Morgan fingerprint density at radius 2 is 2.08 bits per heavy atom. The summed E-state index contributed by atoms with van der Waals surface area (Å²) < 4.78 is 0. The molecule has 1 saturated carbocycles. The van der Waals surface area contributed by atoms with Crippen LogP contribution in [0.3, 0.4) is 0 Å². The Hall–Kier alpha value is -1.35. The Morgan fingerprint density at radius 1 is 1.33 bits per heavy atom. The lowest BCUT2D eigenvalue weighted by atomic mass is 9.68. The molecule has 24 heavy (non-hydrogen) atoms. The van der Waals surface area contributed by atoms with Crippen molar-refractivity contribution in [3.05, 3.63) is 29.8 Å². The van der Waals surface area contributed by atoms with E-state index in [9.17, 15) is 9.90 Å². The Labute approximate surface area is 146 Å². The number of hydrogen-bond donors (Lipinski definition) is 1. The molecule has 2 unspecified atom stereocenters. The predicted molar refractivity (Wildman–Crippen MR) is 97.3 cm³/mol. The van der Waals surface area contributed by atoms with E-state index in [1.165, 1.54) is 31.2 Å². The fraction of sp³-hybridized carbons (Fsp3) is 0.667. The van der Waals surface area contributed by atoms with Crippen LogP contribution in [0.15, 0.2) is 24.3 Å². The minimum absolute atomic E-state index is 0.0732. The average Bonchev–Trinajstić information content (AvgIpc) is 3.04. The highest BCUT2D eigenvalue weighted by Gasteiger charge is 2.38. The third-order valence-electron chi connectivity index (χ3n) is 6.46. The van der Waals surface area contributed by atoms with Crippen LogP contribution in [0.2, 0.25) is 0 Å². The van der Waals surface area contributed by atoms with Gasteiger partial charge in [-0.25, -0.2) is 0 Å². The first-order valence-corrected chi connectivity index (χ1v) is 9.51. The zero-order valence-electron chi connectivity index (χ0n) is 15.1. The molecule has 3 heteroatoms. The number of phenols is 1. The van der Waals surface area contributed by atoms with E-state index in [4.69, 9.17) is 0 Å². The van der Waals surface area contributed by atoms with Gasteiger partial charge in [-0.3, -0.25) is 9.69 Å². The normalized spacial score (nSPS) is 29.0. The van der Waals surface area contributed by atoms with Crippen molar-refractivity contribution in [1.29, 1.82) is 0 Å². The Bertz CT molecular complexity index is 579. The molecule has 1 aliphatic carbocycles. The molecule has 0 aromatic heterocycles. The Kier molecular flexibility index (Phi) is 5.29. The van der Waals surface area contributed by atoms with Crippen molar-refractivity contribution in [3.63, 3.8) is 0 Å². The van der Waals surface area contributed by atoms with E-state index in [-0.39, 0.29) is 5.41 Å². The standard InChI is InChI=1S/C21H31NO2/c1-16-14-22(15-20(24)12-17-6-3-4-7-17)11-10-21(16,2)18-8-5-9-19(23)13-18/h5,8-9,13,16-17,23H,3-4,6-7,10-12,14-15H2,1-2H3. The van der Waals surface area contributed by atoms with Gasteiger partial charge in [-0.05, 0) is 47.9 Å². The number of hydrogen-bond acceptors (Lipinski definition) is 3. The first-order chi connectivity index (χ1) is 11.5. The molecule has 1 aliphatic heterocycles. The summed E-state index contributed by atoms with van der Waals surface area (Å²) in [7, 11) is 0. The molecule has 3 rings (SSSR count). The second-order valence-corrected chi connectivity index (χ2v) is 8.25. The lowest BCUT2D eigenvalue weighted by Crippen LogP contribution is -2.48. The number of likely N-dealkylation sites (tertiary alicyclic amines) is 1. The number of nitrogens with zero attached hydrogens (tertiary/aromatic N) is 1. The molecule has 0 spiro atoms. The van der Waals surface area contributed by atoms with Crippen LogP contribution >= 0.6 is 0 Å². The van der Waals surface area contributed by atoms with Crippen LogP contribution in [-0.4, -0.2) is 35.4 Å².